The molecule has 1 aliphatic heterocycles. The van der Waals surface area contributed by atoms with E-state index in [0.29, 0.717) is 31.1 Å². The molecule has 0 bridgehead atoms. The van der Waals surface area contributed by atoms with Crippen molar-refractivity contribution in [1.82, 2.24) is 4.90 Å². The molecule has 0 aromatic heterocycles. The predicted octanol–water partition coefficient (Wildman–Crippen LogP) is 2.46. The number of carbonyl (C=O) groups is 1. The minimum atomic E-state index is -3.25. The molecule has 0 N–H and O–H groups in total. The van der Waals surface area contributed by atoms with Gasteiger partial charge < -0.3 is 14.5 Å². The normalized spacial score (nSPS) is 16.2. The van der Waals surface area contributed by atoms with Crippen LogP contribution in [-0.2, 0) is 14.6 Å². The molecule has 134 valence electrons. The van der Waals surface area contributed by atoms with Gasteiger partial charge in [0.2, 0.25) is 0 Å². The van der Waals surface area contributed by atoms with E-state index in [1.807, 2.05) is 33.8 Å². The third-order valence-electron chi connectivity index (χ3n) is 3.93. The summed E-state index contributed by atoms with van der Waals surface area (Å²) in [7, 11) is -3.25. The quantitative estimate of drug-likeness (QED) is 0.816. The van der Waals surface area contributed by atoms with E-state index in [2.05, 4.69) is 4.90 Å². The highest BCUT2D eigenvalue weighted by atomic mass is 32.2. The Morgan fingerprint density at radius 1 is 1.12 bits per heavy atom. The van der Waals surface area contributed by atoms with Crippen LogP contribution in [0.3, 0.4) is 0 Å². The number of amides is 1. The lowest BCUT2D eigenvalue weighted by atomic mass is 10.1. The highest BCUT2D eigenvalue weighted by Crippen LogP contribution is 2.27. The minimum absolute atomic E-state index is 0.302. The van der Waals surface area contributed by atoms with Gasteiger partial charge in [-0.05, 0) is 45.4 Å². The molecule has 0 spiro atoms. The van der Waals surface area contributed by atoms with Gasteiger partial charge >= 0.3 is 6.09 Å². The van der Waals surface area contributed by atoms with Crippen molar-refractivity contribution in [2.45, 2.75) is 38.2 Å². The van der Waals surface area contributed by atoms with Crippen LogP contribution in [0, 0.1) is 6.92 Å². The molecule has 7 heteroatoms. The van der Waals surface area contributed by atoms with Crippen LogP contribution in [0.1, 0.15) is 26.3 Å². The van der Waals surface area contributed by atoms with Gasteiger partial charge in [0.1, 0.15) is 5.60 Å². The van der Waals surface area contributed by atoms with Crippen molar-refractivity contribution in [2.75, 3.05) is 37.3 Å². The van der Waals surface area contributed by atoms with Gasteiger partial charge in [0.05, 0.1) is 4.90 Å². The first-order chi connectivity index (χ1) is 11.0. The Kier molecular flexibility index (Phi) is 5.13. The minimum Gasteiger partial charge on any atom is -0.444 e. The number of sulfone groups is 1. The second kappa shape index (κ2) is 6.63. The molecule has 1 amide bonds. The number of ether oxygens (including phenoxy) is 1. The average molecular weight is 354 g/mol. The van der Waals surface area contributed by atoms with Crippen molar-refractivity contribution in [3.05, 3.63) is 23.8 Å². The number of piperazine rings is 1. The summed E-state index contributed by atoms with van der Waals surface area (Å²) in [5.74, 6) is 0. The third kappa shape index (κ3) is 4.41. The van der Waals surface area contributed by atoms with E-state index in [9.17, 15) is 13.2 Å². The lowest BCUT2D eigenvalue weighted by molar-refractivity contribution is 0.0240. The Balaban J connectivity index is 2.10. The van der Waals surface area contributed by atoms with E-state index in [-0.39, 0.29) is 6.09 Å². The molecule has 1 saturated heterocycles. The van der Waals surface area contributed by atoms with Crippen LogP contribution in [0.4, 0.5) is 10.5 Å². The second-order valence-corrected chi connectivity index (χ2v) is 9.11. The lowest BCUT2D eigenvalue weighted by Gasteiger charge is -2.37. The summed E-state index contributed by atoms with van der Waals surface area (Å²) in [6.45, 7) is 9.77. The fraction of sp³-hybridized carbons (Fsp3) is 0.588. The van der Waals surface area contributed by atoms with E-state index in [0.717, 1.165) is 11.3 Å². The molecular weight excluding hydrogens is 328 g/mol. The summed E-state index contributed by atoms with van der Waals surface area (Å²) in [5, 5.41) is 0. The van der Waals surface area contributed by atoms with Crippen LogP contribution in [0.25, 0.3) is 0 Å². The summed E-state index contributed by atoms with van der Waals surface area (Å²) in [6.07, 6.45) is 0.920. The monoisotopic (exact) mass is 354 g/mol. The van der Waals surface area contributed by atoms with Gasteiger partial charge in [-0.3, -0.25) is 0 Å². The number of anilines is 1. The summed E-state index contributed by atoms with van der Waals surface area (Å²) in [4.78, 5) is 16.3. The Hall–Kier alpha value is -1.76. The number of carbonyl (C=O) groups excluding carboxylic acids is 1. The van der Waals surface area contributed by atoms with Crippen molar-refractivity contribution < 1.29 is 17.9 Å². The molecule has 0 unspecified atom stereocenters. The zero-order valence-electron chi connectivity index (χ0n) is 15.0. The van der Waals surface area contributed by atoms with E-state index in [1.165, 1.54) is 6.26 Å². The van der Waals surface area contributed by atoms with Gasteiger partial charge in [0.15, 0.2) is 9.84 Å². The molecule has 1 aromatic rings. The lowest BCUT2D eigenvalue weighted by Crippen LogP contribution is -2.50. The number of rotatable bonds is 2. The van der Waals surface area contributed by atoms with Crippen LogP contribution < -0.4 is 4.90 Å². The molecule has 0 radical (unpaired) electrons. The fourth-order valence-electron chi connectivity index (χ4n) is 2.80. The van der Waals surface area contributed by atoms with Crippen LogP contribution in [0.5, 0.6) is 0 Å². The number of hydrogen-bond acceptors (Lipinski definition) is 5. The largest absolute Gasteiger partial charge is 0.444 e. The smallest absolute Gasteiger partial charge is 0.410 e. The van der Waals surface area contributed by atoms with Crippen LogP contribution in [-0.4, -0.2) is 57.4 Å². The molecular formula is C17H26N2O4S. The number of benzene rings is 1. The van der Waals surface area contributed by atoms with E-state index in [1.54, 1.807) is 17.0 Å². The first kappa shape index (κ1) is 18.6. The summed E-state index contributed by atoms with van der Waals surface area (Å²) < 4.78 is 29.1. The SMILES string of the molecule is Cc1c(N2CCN(C(=O)OC(C)(C)C)CC2)cccc1S(C)(=O)=O. The molecule has 1 fully saturated rings. The maximum absolute atomic E-state index is 12.1. The molecule has 1 heterocycles. The van der Waals surface area contributed by atoms with E-state index in [4.69, 9.17) is 4.74 Å². The molecule has 1 aromatic carbocycles. The van der Waals surface area contributed by atoms with Gasteiger partial charge in [-0.1, -0.05) is 6.07 Å². The van der Waals surface area contributed by atoms with Crippen molar-refractivity contribution in [1.29, 1.82) is 0 Å². The Labute approximate surface area is 144 Å². The van der Waals surface area contributed by atoms with Crippen LogP contribution in [0.15, 0.2) is 23.1 Å². The Morgan fingerprint density at radius 2 is 1.71 bits per heavy atom. The van der Waals surface area contributed by atoms with Gasteiger partial charge in [-0.25, -0.2) is 13.2 Å². The maximum atomic E-state index is 12.1. The van der Waals surface area contributed by atoms with Gasteiger partial charge in [0, 0.05) is 38.1 Å². The average Bonchev–Trinajstić information content (AvgIpc) is 2.44. The fourth-order valence-corrected chi connectivity index (χ4v) is 3.79. The van der Waals surface area contributed by atoms with E-state index >= 15 is 0 Å². The zero-order chi connectivity index (χ0) is 18.1. The summed E-state index contributed by atoms with van der Waals surface area (Å²) >= 11 is 0. The molecule has 1 aliphatic rings. The summed E-state index contributed by atoms with van der Waals surface area (Å²) in [6, 6.07) is 5.32. The Bertz CT molecular complexity index is 715. The molecule has 0 aliphatic carbocycles. The van der Waals surface area contributed by atoms with Crippen LogP contribution >= 0.6 is 0 Å². The van der Waals surface area contributed by atoms with Crippen molar-refractivity contribution in [2.24, 2.45) is 0 Å². The first-order valence-electron chi connectivity index (χ1n) is 8.01. The van der Waals surface area contributed by atoms with Crippen molar-refractivity contribution >= 4 is 21.6 Å². The molecule has 6 nitrogen and oxygen atoms in total. The standard InChI is InChI=1S/C17H26N2O4S/c1-13-14(7-6-8-15(13)24(5,21)22)18-9-11-19(12-10-18)16(20)23-17(2,3)4/h6-8H,9-12H2,1-5H3. The van der Waals surface area contributed by atoms with Crippen molar-refractivity contribution in [3.63, 3.8) is 0 Å². The highest BCUT2D eigenvalue weighted by molar-refractivity contribution is 7.90. The molecule has 24 heavy (non-hydrogen) atoms. The topological polar surface area (TPSA) is 66.9 Å². The van der Waals surface area contributed by atoms with Gasteiger partial charge in [-0.15, -0.1) is 0 Å². The highest BCUT2D eigenvalue weighted by Gasteiger charge is 2.27. The third-order valence-corrected chi connectivity index (χ3v) is 5.17. The van der Waals surface area contributed by atoms with Crippen molar-refractivity contribution in [3.8, 4) is 0 Å². The first-order valence-corrected chi connectivity index (χ1v) is 9.91. The predicted molar refractivity (Wildman–Crippen MR) is 94.3 cm³/mol. The number of nitrogens with zero attached hydrogens (tertiary/aromatic N) is 2. The van der Waals surface area contributed by atoms with Gasteiger partial charge in [0.25, 0.3) is 0 Å². The maximum Gasteiger partial charge on any atom is 0.410 e. The van der Waals surface area contributed by atoms with E-state index < -0.39 is 15.4 Å². The second-order valence-electron chi connectivity index (χ2n) is 7.13. The molecule has 2 rings (SSSR count). The molecule has 0 saturated carbocycles. The van der Waals surface area contributed by atoms with Crippen LogP contribution in [0.2, 0.25) is 0 Å². The Morgan fingerprint density at radius 3 is 2.21 bits per heavy atom. The zero-order valence-corrected chi connectivity index (χ0v) is 15.8. The number of hydrogen-bond donors (Lipinski definition) is 0. The van der Waals surface area contributed by atoms with Gasteiger partial charge in [-0.2, -0.15) is 0 Å². The summed E-state index contributed by atoms with van der Waals surface area (Å²) in [5.41, 5.74) is 1.15. The molecule has 0 atom stereocenters.